The lowest BCUT2D eigenvalue weighted by Gasteiger charge is -2.31. The molecule has 18 heavy (non-hydrogen) atoms. The number of nitrogens with zero attached hydrogens (tertiary/aromatic N) is 2. The zero-order chi connectivity index (χ0) is 13.6. The van der Waals surface area contributed by atoms with E-state index in [2.05, 4.69) is 15.1 Å². The van der Waals surface area contributed by atoms with Gasteiger partial charge in [0.25, 0.3) is 0 Å². The highest BCUT2D eigenvalue weighted by molar-refractivity contribution is 5.78. The largest absolute Gasteiger partial charge is 0.480 e. The number of nitrogens with one attached hydrogen (secondary N) is 1. The van der Waals surface area contributed by atoms with Gasteiger partial charge in [-0.15, -0.1) is 0 Å². The van der Waals surface area contributed by atoms with Gasteiger partial charge >= 0.3 is 5.97 Å². The van der Waals surface area contributed by atoms with E-state index < -0.39 is 11.5 Å². The van der Waals surface area contributed by atoms with Crippen LogP contribution in [0.4, 0.5) is 0 Å². The first-order chi connectivity index (χ1) is 8.48. The Morgan fingerprint density at radius 1 is 1.44 bits per heavy atom. The van der Waals surface area contributed by atoms with Gasteiger partial charge in [0.2, 0.25) is 0 Å². The molecule has 1 aliphatic heterocycles. The third-order valence-corrected chi connectivity index (χ3v) is 3.62. The predicted molar refractivity (Wildman–Crippen MR) is 72.9 cm³/mol. The molecule has 0 radical (unpaired) electrons. The fourth-order valence-electron chi connectivity index (χ4n) is 2.53. The summed E-state index contributed by atoms with van der Waals surface area (Å²) in [7, 11) is 1.99. The molecule has 0 amide bonds. The average Bonchev–Trinajstić information content (AvgIpc) is 2.79. The third-order valence-electron chi connectivity index (χ3n) is 3.62. The van der Waals surface area contributed by atoms with Gasteiger partial charge in [-0.25, -0.2) is 0 Å². The molecule has 1 fully saturated rings. The molecule has 1 heterocycles. The van der Waals surface area contributed by atoms with Crippen molar-refractivity contribution in [2.75, 3.05) is 46.3 Å². The molecule has 0 aromatic rings. The maximum Gasteiger partial charge on any atom is 0.324 e. The second-order valence-corrected chi connectivity index (χ2v) is 5.45. The molecular weight excluding hydrogens is 230 g/mol. The van der Waals surface area contributed by atoms with Gasteiger partial charge in [0.15, 0.2) is 0 Å². The van der Waals surface area contributed by atoms with Gasteiger partial charge < -0.3 is 20.2 Å². The summed E-state index contributed by atoms with van der Waals surface area (Å²) in [6, 6.07) is 0. The maximum atomic E-state index is 11.3. The van der Waals surface area contributed by atoms with Crippen molar-refractivity contribution in [3.63, 3.8) is 0 Å². The number of hydrogen-bond donors (Lipinski definition) is 2. The fourth-order valence-corrected chi connectivity index (χ4v) is 2.53. The zero-order valence-electron chi connectivity index (χ0n) is 11.9. The van der Waals surface area contributed by atoms with E-state index in [9.17, 15) is 9.90 Å². The minimum atomic E-state index is -0.853. The summed E-state index contributed by atoms with van der Waals surface area (Å²) in [5, 5.41) is 12.4. The van der Waals surface area contributed by atoms with Gasteiger partial charge in [-0.3, -0.25) is 4.79 Å². The molecule has 2 N–H and O–H groups in total. The molecule has 1 atom stereocenters. The second-order valence-electron chi connectivity index (χ2n) is 5.45. The van der Waals surface area contributed by atoms with Crippen molar-refractivity contribution < 1.29 is 9.90 Å². The Kier molecular flexibility index (Phi) is 6.05. The van der Waals surface area contributed by atoms with Crippen molar-refractivity contribution in [1.82, 2.24) is 15.1 Å². The van der Waals surface area contributed by atoms with E-state index in [1.165, 1.54) is 25.9 Å². The van der Waals surface area contributed by atoms with E-state index in [0.717, 1.165) is 13.1 Å². The van der Waals surface area contributed by atoms with Crippen molar-refractivity contribution in [3.05, 3.63) is 0 Å². The quantitative estimate of drug-likeness (QED) is 0.662. The first kappa shape index (κ1) is 15.4. The number of carboxylic acids is 1. The third kappa shape index (κ3) is 4.55. The highest BCUT2D eigenvalue weighted by Crippen LogP contribution is 2.09. The SMILES string of the molecule is CCNC(C)(CN(C)CCN1CCCC1)C(=O)O. The van der Waals surface area contributed by atoms with E-state index in [-0.39, 0.29) is 0 Å². The van der Waals surface area contributed by atoms with Crippen LogP contribution >= 0.6 is 0 Å². The molecule has 5 nitrogen and oxygen atoms in total. The van der Waals surface area contributed by atoms with Crippen molar-refractivity contribution in [2.45, 2.75) is 32.2 Å². The molecule has 0 bridgehead atoms. The molecule has 0 aromatic carbocycles. The molecule has 0 spiro atoms. The molecule has 0 aromatic heterocycles. The first-order valence-electron chi connectivity index (χ1n) is 6.87. The Morgan fingerprint density at radius 3 is 2.56 bits per heavy atom. The van der Waals surface area contributed by atoms with Gasteiger partial charge in [0.05, 0.1) is 0 Å². The van der Waals surface area contributed by atoms with Crippen LogP contribution in [0.2, 0.25) is 0 Å². The van der Waals surface area contributed by atoms with Crippen LogP contribution in [0, 0.1) is 0 Å². The number of hydrogen-bond acceptors (Lipinski definition) is 4. The van der Waals surface area contributed by atoms with Crippen LogP contribution in [0.15, 0.2) is 0 Å². The Hall–Kier alpha value is -0.650. The fraction of sp³-hybridized carbons (Fsp3) is 0.923. The van der Waals surface area contributed by atoms with Gasteiger partial charge in [0.1, 0.15) is 5.54 Å². The van der Waals surface area contributed by atoms with Crippen molar-refractivity contribution in [1.29, 1.82) is 0 Å². The predicted octanol–water partition coefficient (Wildman–Crippen LogP) is 0.467. The Morgan fingerprint density at radius 2 is 2.06 bits per heavy atom. The van der Waals surface area contributed by atoms with Crippen molar-refractivity contribution in [2.24, 2.45) is 0 Å². The molecule has 106 valence electrons. The molecule has 1 rings (SSSR count). The lowest BCUT2D eigenvalue weighted by molar-refractivity contribution is -0.144. The molecule has 0 saturated carbocycles. The highest BCUT2D eigenvalue weighted by atomic mass is 16.4. The molecule has 5 heteroatoms. The lowest BCUT2D eigenvalue weighted by Crippen LogP contribution is -2.56. The summed E-state index contributed by atoms with van der Waals surface area (Å²) in [5.74, 6) is -0.780. The summed E-state index contributed by atoms with van der Waals surface area (Å²) < 4.78 is 0. The summed E-state index contributed by atoms with van der Waals surface area (Å²) in [6.07, 6.45) is 2.60. The summed E-state index contributed by atoms with van der Waals surface area (Å²) in [6.45, 7) is 9.24. The van der Waals surface area contributed by atoms with Gasteiger partial charge in [-0.2, -0.15) is 0 Å². The standard InChI is InChI=1S/C13H27N3O2/c1-4-14-13(2,12(17)18)11-15(3)9-10-16-7-5-6-8-16/h14H,4-11H2,1-3H3,(H,17,18). The Balaban J connectivity index is 2.35. The van der Waals surface area contributed by atoms with Crippen LogP contribution in [0.25, 0.3) is 0 Å². The topological polar surface area (TPSA) is 55.8 Å². The van der Waals surface area contributed by atoms with Crippen LogP contribution in [0.3, 0.4) is 0 Å². The van der Waals surface area contributed by atoms with Crippen LogP contribution < -0.4 is 5.32 Å². The highest BCUT2D eigenvalue weighted by Gasteiger charge is 2.33. The average molecular weight is 257 g/mol. The number of likely N-dealkylation sites (N-methyl/N-ethyl adjacent to an activating group) is 2. The normalized spacial score (nSPS) is 20.2. The van der Waals surface area contributed by atoms with Crippen LogP contribution in [0.1, 0.15) is 26.7 Å². The summed E-state index contributed by atoms with van der Waals surface area (Å²) in [4.78, 5) is 15.9. The van der Waals surface area contributed by atoms with E-state index in [1.807, 2.05) is 14.0 Å². The lowest BCUT2D eigenvalue weighted by atomic mass is 10.0. The summed E-state index contributed by atoms with van der Waals surface area (Å²) in [5.41, 5.74) is -0.853. The van der Waals surface area contributed by atoms with E-state index in [1.54, 1.807) is 6.92 Å². The van der Waals surface area contributed by atoms with Crippen LogP contribution in [-0.2, 0) is 4.79 Å². The number of carboxylic acid groups (broad SMARTS) is 1. The van der Waals surface area contributed by atoms with E-state index in [4.69, 9.17) is 0 Å². The van der Waals surface area contributed by atoms with Crippen LogP contribution in [0.5, 0.6) is 0 Å². The monoisotopic (exact) mass is 257 g/mol. The smallest absolute Gasteiger partial charge is 0.324 e. The number of rotatable bonds is 8. The second kappa shape index (κ2) is 7.07. The number of aliphatic carboxylic acids is 1. The molecule has 1 aliphatic rings. The Labute approximate surface area is 110 Å². The minimum absolute atomic E-state index is 0.532. The minimum Gasteiger partial charge on any atom is -0.480 e. The van der Waals surface area contributed by atoms with Gasteiger partial charge in [0, 0.05) is 19.6 Å². The van der Waals surface area contributed by atoms with Crippen molar-refractivity contribution in [3.8, 4) is 0 Å². The summed E-state index contributed by atoms with van der Waals surface area (Å²) >= 11 is 0. The van der Waals surface area contributed by atoms with E-state index >= 15 is 0 Å². The molecule has 1 unspecified atom stereocenters. The number of likely N-dealkylation sites (tertiary alicyclic amines) is 1. The van der Waals surface area contributed by atoms with E-state index in [0.29, 0.717) is 13.1 Å². The maximum absolute atomic E-state index is 11.3. The van der Waals surface area contributed by atoms with Gasteiger partial charge in [-0.1, -0.05) is 6.92 Å². The van der Waals surface area contributed by atoms with Crippen LogP contribution in [-0.4, -0.2) is 72.7 Å². The van der Waals surface area contributed by atoms with Gasteiger partial charge in [-0.05, 0) is 46.4 Å². The first-order valence-corrected chi connectivity index (χ1v) is 6.87. The zero-order valence-corrected chi connectivity index (χ0v) is 11.9. The Bertz CT molecular complexity index is 267. The number of carbonyl (C=O) groups is 1. The molecule has 0 aliphatic carbocycles. The molecular formula is C13H27N3O2. The van der Waals surface area contributed by atoms with Crippen molar-refractivity contribution >= 4 is 5.97 Å². The molecule has 1 saturated heterocycles.